The number of nitrogens with zero attached hydrogens (tertiary/aromatic N) is 4. The maximum Gasteiger partial charge on any atom is 0.285 e. The lowest BCUT2D eigenvalue weighted by molar-refractivity contribution is 0.404. The van der Waals surface area contributed by atoms with E-state index in [-0.39, 0.29) is 16.8 Å². The normalized spacial score (nSPS) is 16.6. The molecule has 170 valence electrons. The van der Waals surface area contributed by atoms with Gasteiger partial charge < -0.3 is 4.90 Å². The summed E-state index contributed by atoms with van der Waals surface area (Å²) in [5, 5.41) is 7.53. The fraction of sp³-hybridized carbons (Fsp3) is 0.167. The highest BCUT2D eigenvalue weighted by Crippen LogP contribution is 2.30. The van der Waals surface area contributed by atoms with Crippen molar-refractivity contribution in [3.05, 3.63) is 100 Å². The van der Waals surface area contributed by atoms with Crippen LogP contribution >= 0.6 is 23.2 Å². The summed E-state index contributed by atoms with van der Waals surface area (Å²) in [7, 11) is -0.490. The van der Waals surface area contributed by atoms with Gasteiger partial charge in [0.15, 0.2) is 0 Å². The van der Waals surface area contributed by atoms with Gasteiger partial charge in [0, 0.05) is 30.1 Å². The molecule has 0 saturated carbocycles. The quantitative estimate of drug-likeness (QED) is 0.369. The zero-order valence-corrected chi connectivity index (χ0v) is 20.4. The monoisotopic (exact) mass is 500 g/mol. The second-order valence-corrected chi connectivity index (χ2v) is 10.2. The van der Waals surface area contributed by atoms with E-state index in [1.165, 1.54) is 24.3 Å². The van der Waals surface area contributed by atoms with Gasteiger partial charge in [-0.1, -0.05) is 65.7 Å². The van der Waals surface area contributed by atoms with Crippen LogP contribution in [0.2, 0.25) is 10.0 Å². The van der Waals surface area contributed by atoms with Crippen LogP contribution in [0.4, 0.5) is 0 Å². The SMILES string of the molecule is CN(C)/C(=N/S(=O)(=O)c1ccc(Cl)cc1)N1CC(c2ccccc2)C(c2ccc(Cl)cc2)=N1. The third-order valence-corrected chi connectivity index (χ3v) is 6.98. The molecule has 6 nitrogen and oxygen atoms in total. The lowest BCUT2D eigenvalue weighted by atomic mass is 9.91. The predicted octanol–water partition coefficient (Wildman–Crippen LogP) is 5.10. The zero-order chi connectivity index (χ0) is 23.6. The minimum absolute atomic E-state index is 0.0620. The van der Waals surface area contributed by atoms with Crippen molar-refractivity contribution in [2.45, 2.75) is 10.8 Å². The highest BCUT2D eigenvalue weighted by atomic mass is 35.5. The van der Waals surface area contributed by atoms with Gasteiger partial charge in [-0.15, -0.1) is 4.40 Å². The third-order valence-electron chi connectivity index (χ3n) is 5.20. The number of guanidine groups is 1. The van der Waals surface area contributed by atoms with Crippen molar-refractivity contribution in [1.29, 1.82) is 0 Å². The molecule has 0 saturated heterocycles. The summed E-state index contributed by atoms with van der Waals surface area (Å²) in [6.45, 7) is 0.440. The van der Waals surface area contributed by atoms with Crippen LogP contribution in [0.25, 0.3) is 0 Å². The molecular weight excluding hydrogens is 479 g/mol. The van der Waals surface area contributed by atoms with Gasteiger partial charge in [0.25, 0.3) is 10.0 Å². The summed E-state index contributed by atoms with van der Waals surface area (Å²) < 4.78 is 30.1. The van der Waals surface area contributed by atoms with Gasteiger partial charge in [0.1, 0.15) is 0 Å². The number of rotatable bonds is 4. The van der Waals surface area contributed by atoms with Crippen LogP contribution in [0.3, 0.4) is 0 Å². The van der Waals surface area contributed by atoms with Gasteiger partial charge in [0.2, 0.25) is 5.96 Å². The minimum Gasteiger partial charge on any atom is -0.347 e. The standard InChI is InChI=1S/C24H22Cl2N4O2S/c1-29(2)24(28-33(31,32)21-14-12-20(26)13-15-21)30-16-22(17-6-4-3-5-7-17)23(27-30)18-8-10-19(25)11-9-18/h3-15,22H,16H2,1-2H3/b28-24-. The highest BCUT2D eigenvalue weighted by Gasteiger charge is 2.33. The number of halogens is 2. The first-order chi connectivity index (χ1) is 15.7. The van der Waals surface area contributed by atoms with Crippen LogP contribution in [0.5, 0.6) is 0 Å². The van der Waals surface area contributed by atoms with Crippen LogP contribution in [0.15, 0.2) is 93.3 Å². The average molecular weight is 501 g/mol. The maximum absolute atomic E-state index is 13.0. The summed E-state index contributed by atoms with van der Waals surface area (Å²) >= 11 is 12.0. The summed E-state index contributed by atoms with van der Waals surface area (Å²) in [6.07, 6.45) is 0. The Morgan fingerprint density at radius 2 is 1.52 bits per heavy atom. The Bertz CT molecular complexity index is 1290. The Kier molecular flexibility index (Phi) is 6.74. The van der Waals surface area contributed by atoms with E-state index in [1.807, 2.05) is 54.6 Å². The zero-order valence-electron chi connectivity index (χ0n) is 18.1. The molecule has 0 aromatic heterocycles. The van der Waals surface area contributed by atoms with Gasteiger partial charge >= 0.3 is 0 Å². The van der Waals surface area contributed by atoms with E-state index in [9.17, 15) is 8.42 Å². The number of benzene rings is 3. The van der Waals surface area contributed by atoms with Gasteiger partial charge in [-0.25, -0.2) is 5.01 Å². The molecule has 0 N–H and O–H groups in total. The Morgan fingerprint density at radius 3 is 2.09 bits per heavy atom. The summed E-state index contributed by atoms with van der Waals surface area (Å²) in [6, 6.07) is 23.4. The molecule has 1 atom stereocenters. The van der Waals surface area contributed by atoms with E-state index in [2.05, 4.69) is 4.40 Å². The van der Waals surface area contributed by atoms with E-state index in [0.717, 1.165) is 16.8 Å². The van der Waals surface area contributed by atoms with Crippen LogP contribution < -0.4 is 0 Å². The molecule has 3 aromatic carbocycles. The van der Waals surface area contributed by atoms with E-state index in [0.29, 0.717) is 16.6 Å². The van der Waals surface area contributed by atoms with E-state index in [4.69, 9.17) is 28.3 Å². The largest absolute Gasteiger partial charge is 0.347 e. The second kappa shape index (κ2) is 9.55. The third kappa shape index (κ3) is 5.21. The molecule has 0 radical (unpaired) electrons. The van der Waals surface area contributed by atoms with Crippen molar-refractivity contribution in [3.63, 3.8) is 0 Å². The van der Waals surface area contributed by atoms with Gasteiger partial charge in [0.05, 0.1) is 17.2 Å². The van der Waals surface area contributed by atoms with Crippen LogP contribution in [-0.4, -0.2) is 50.6 Å². The van der Waals surface area contributed by atoms with Gasteiger partial charge in [-0.05, 0) is 47.5 Å². The van der Waals surface area contributed by atoms with Crippen molar-refractivity contribution in [1.82, 2.24) is 9.91 Å². The number of sulfonamides is 1. The second-order valence-electron chi connectivity index (χ2n) is 7.75. The lowest BCUT2D eigenvalue weighted by Gasteiger charge is -2.23. The molecule has 0 amide bonds. The lowest BCUT2D eigenvalue weighted by Crippen LogP contribution is -2.37. The summed E-state index contributed by atoms with van der Waals surface area (Å²) in [4.78, 5) is 1.70. The molecule has 1 aliphatic heterocycles. The first kappa shape index (κ1) is 23.3. The molecule has 0 aliphatic carbocycles. The van der Waals surface area contributed by atoms with E-state index in [1.54, 1.807) is 24.0 Å². The van der Waals surface area contributed by atoms with Crippen LogP contribution in [0, 0.1) is 0 Å². The molecule has 0 fully saturated rings. The summed E-state index contributed by atoms with van der Waals surface area (Å²) in [5.41, 5.74) is 2.80. The Balaban J connectivity index is 1.77. The fourth-order valence-electron chi connectivity index (χ4n) is 3.58. The van der Waals surface area contributed by atoms with Crippen LogP contribution in [0.1, 0.15) is 17.0 Å². The molecule has 4 rings (SSSR count). The molecule has 0 bridgehead atoms. The van der Waals surface area contributed by atoms with Crippen molar-refractivity contribution in [2.24, 2.45) is 9.50 Å². The Labute approximate surface area is 203 Å². The number of hydrogen-bond acceptors (Lipinski definition) is 3. The Hall–Kier alpha value is -2.87. The molecule has 1 aliphatic rings. The van der Waals surface area contributed by atoms with Crippen LogP contribution in [-0.2, 0) is 10.0 Å². The summed E-state index contributed by atoms with van der Waals surface area (Å²) in [5.74, 6) is 0.144. The van der Waals surface area contributed by atoms with E-state index >= 15 is 0 Å². The molecular formula is C24H22Cl2N4O2S. The minimum atomic E-state index is -3.97. The Morgan fingerprint density at radius 1 is 0.939 bits per heavy atom. The predicted molar refractivity (Wildman–Crippen MR) is 134 cm³/mol. The average Bonchev–Trinajstić information content (AvgIpc) is 3.24. The smallest absolute Gasteiger partial charge is 0.285 e. The number of hydrogen-bond donors (Lipinski definition) is 0. The molecule has 9 heteroatoms. The van der Waals surface area contributed by atoms with Gasteiger partial charge in [-0.2, -0.15) is 13.5 Å². The maximum atomic E-state index is 13.0. The van der Waals surface area contributed by atoms with Crippen molar-refractivity contribution in [3.8, 4) is 0 Å². The number of hydrazone groups is 1. The first-order valence-electron chi connectivity index (χ1n) is 10.2. The first-order valence-corrected chi connectivity index (χ1v) is 12.4. The highest BCUT2D eigenvalue weighted by molar-refractivity contribution is 7.90. The molecule has 33 heavy (non-hydrogen) atoms. The molecule has 3 aromatic rings. The molecule has 1 heterocycles. The van der Waals surface area contributed by atoms with Crippen molar-refractivity contribution >= 4 is 44.9 Å². The topological polar surface area (TPSA) is 65.3 Å². The van der Waals surface area contributed by atoms with Gasteiger partial charge in [-0.3, -0.25) is 0 Å². The van der Waals surface area contributed by atoms with Crippen molar-refractivity contribution in [2.75, 3.05) is 20.6 Å². The molecule has 1 unspecified atom stereocenters. The fourth-order valence-corrected chi connectivity index (χ4v) is 4.89. The molecule has 0 spiro atoms. The van der Waals surface area contributed by atoms with Crippen molar-refractivity contribution < 1.29 is 8.42 Å². The van der Waals surface area contributed by atoms with E-state index < -0.39 is 10.0 Å².